The van der Waals surface area contributed by atoms with Crippen LogP contribution in [-0.4, -0.2) is 15.7 Å². The maximum Gasteiger partial charge on any atom is 0.279 e. The highest BCUT2D eigenvalue weighted by Crippen LogP contribution is 2.20. The summed E-state index contributed by atoms with van der Waals surface area (Å²) in [5, 5.41) is 4.34. The van der Waals surface area contributed by atoms with Crippen LogP contribution in [-0.2, 0) is 13.1 Å². The summed E-state index contributed by atoms with van der Waals surface area (Å²) < 4.78 is 6.76. The van der Waals surface area contributed by atoms with Crippen LogP contribution >= 0.6 is 0 Å². The van der Waals surface area contributed by atoms with Crippen molar-refractivity contribution in [2.24, 2.45) is 0 Å². The lowest BCUT2D eigenvalue weighted by atomic mass is 10.2. The van der Waals surface area contributed by atoms with Crippen LogP contribution < -0.4 is 10.5 Å². The van der Waals surface area contributed by atoms with E-state index in [-0.39, 0.29) is 23.7 Å². The maximum atomic E-state index is 13.4. The van der Waals surface area contributed by atoms with Gasteiger partial charge in [0.25, 0.3) is 11.5 Å². The van der Waals surface area contributed by atoms with Crippen molar-refractivity contribution in [3.05, 3.63) is 118 Å². The molecule has 6 nitrogen and oxygen atoms in total. The number of nitrogens with zero attached hydrogens (tertiary/aromatic N) is 3. The van der Waals surface area contributed by atoms with E-state index < -0.39 is 0 Å². The topological polar surface area (TPSA) is 68.3 Å². The molecule has 0 aliphatic carbocycles. The van der Waals surface area contributed by atoms with Crippen LogP contribution in [0, 0.1) is 6.92 Å². The number of benzene rings is 2. The summed E-state index contributed by atoms with van der Waals surface area (Å²) in [6.07, 6.45) is 1.57. The first-order valence-corrected chi connectivity index (χ1v) is 9.63. The first-order valence-electron chi connectivity index (χ1n) is 9.63. The number of aryl methyl sites for hydroxylation is 1. The van der Waals surface area contributed by atoms with Crippen LogP contribution in [0.25, 0.3) is 0 Å². The standard InChI is InChI=1S/C24H21N3O3/c1-18-9-11-20(12-10-18)26(17-21-8-5-15-30-21)24(29)22-13-14-23(28)27(25-22)16-19-6-3-2-4-7-19/h2-15H,16-17H2,1H3. The predicted molar refractivity (Wildman–Crippen MR) is 114 cm³/mol. The van der Waals surface area contributed by atoms with Crippen LogP contribution in [0.5, 0.6) is 0 Å². The van der Waals surface area contributed by atoms with Gasteiger partial charge in [-0.1, -0.05) is 48.0 Å². The molecule has 0 radical (unpaired) electrons. The Kier molecular flexibility index (Phi) is 5.57. The Labute approximate surface area is 174 Å². The lowest BCUT2D eigenvalue weighted by molar-refractivity contribution is 0.0976. The zero-order chi connectivity index (χ0) is 20.9. The van der Waals surface area contributed by atoms with E-state index in [9.17, 15) is 9.59 Å². The van der Waals surface area contributed by atoms with Crippen molar-refractivity contribution in [3.63, 3.8) is 0 Å². The van der Waals surface area contributed by atoms with Crippen molar-refractivity contribution >= 4 is 11.6 Å². The summed E-state index contributed by atoms with van der Waals surface area (Å²) in [5.74, 6) is 0.346. The Morgan fingerprint density at radius 1 is 0.967 bits per heavy atom. The van der Waals surface area contributed by atoms with Crippen LogP contribution in [0.15, 0.2) is 94.3 Å². The molecule has 0 aliphatic rings. The van der Waals surface area contributed by atoms with E-state index in [0.717, 1.165) is 16.8 Å². The molecule has 0 unspecified atom stereocenters. The van der Waals surface area contributed by atoms with E-state index in [0.29, 0.717) is 12.3 Å². The molecule has 30 heavy (non-hydrogen) atoms. The van der Waals surface area contributed by atoms with Crippen molar-refractivity contribution in [1.82, 2.24) is 9.78 Å². The SMILES string of the molecule is Cc1ccc(N(Cc2ccco2)C(=O)c2ccc(=O)n(Cc3ccccc3)n2)cc1. The highest BCUT2D eigenvalue weighted by molar-refractivity contribution is 6.04. The molecule has 150 valence electrons. The Morgan fingerprint density at radius 3 is 2.43 bits per heavy atom. The fourth-order valence-corrected chi connectivity index (χ4v) is 3.13. The summed E-state index contributed by atoms with van der Waals surface area (Å²) in [6, 6.07) is 23.7. The van der Waals surface area contributed by atoms with Gasteiger partial charge >= 0.3 is 0 Å². The molecule has 1 amide bonds. The zero-order valence-electron chi connectivity index (χ0n) is 16.6. The molecular weight excluding hydrogens is 378 g/mol. The van der Waals surface area contributed by atoms with Gasteiger partial charge in [-0.2, -0.15) is 5.10 Å². The first-order chi connectivity index (χ1) is 14.6. The number of carbonyl (C=O) groups is 1. The molecule has 4 rings (SSSR count). The highest BCUT2D eigenvalue weighted by atomic mass is 16.3. The van der Waals surface area contributed by atoms with Crippen molar-refractivity contribution in [1.29, 1.82) is 0 Å². The van der Waals surface area contributed by atoms with Gasteiger partial charge in [-0.25, -0.2) is 4.68 Å². The van der Waals surface area contributed by atoms with Crippen molar-refractivity contribution in [2.75, 3.05) is 4.90 Å². The molecular formula is C24H21N3O3. The average Bonchev–Trinajstić information content (AvgIpc) is 3.28. The second-order valence-corrected chi connectivity index (χ2v) is 7.01. The first kappa shape index (κ1) is 19.4. The van der Waals surface area contributed by atoms with Gasteiger partial charge in [-0.3, -0.25) is 14.5 Å². The van der Waals surface area contributed by atoms with Crippen molar-refractivity contribution in [2.45, 2.75) is 20.0 Å². The third kappa shape index (κ3) is 4.38. The van der Waals surface area contributed by atoms with E-state index in [4.69, 9.17) is 4.42 Å². The lowest BCUT2D eigenvalue weighted by Crippen LogP contribution is -2.33. The molecule has 4 aromatic rings. The molecule has 0 aliphatic heterocycles. The summed E-state index contributed by atoms with van der Waals surface area (Å²) in [4.78, 5) is 27.3. The zero-order valence-corrected chi connectivity index (χ0v) is 16.6. The van der Waals surface area contributed by atoms with Gasteiger partial charge in [0.2, 0.25) is 0 Å². The molecule has 0 bridgehead atoms. The minimum absolute atomic E-state index is 0.192. The number of hydrogen-bond acceptors (Lipinski definition) is 4. The quantitative estimate of drug-likeness (QED) is 0.491. The summed E-state index contributed by atoms with van der Waals surface area (Å²) in [5.41, 5.74) is 2.69. The molecule has 6 heteroatoms. The number of anilines is 1. The van der Waals surface area contributed by atoms with Gasteiger partial charge in [-0.05, 0) is 42.8 Å². The maximum absolute atomic E-state index is 13.4. The molecule has 0 atom stereocenters. The minimum Gasteiger partial charge on any atom is -0.467 e. The van der Waals surface area contributed by atoms with Crippen molar-refractivity contribution < 1.29 is 9.21 Å². The van der Waals surface area contributed by atoms with Gasteiger partial charge in [0.05, 0.1) is 19.4 Å². The number of aromatic nitrogens is 2. The lowest BCUT2D eigenvalue weighted by Gasteiger charge is -2.22. The number of rotatable bonds is 6. The second kappa shape index (κ2) is 8.61. The number of carbonyl (C=O) groups excluding carboxylic acids is 1. The fraction of sp³-hybridized carbons (Fsp3) is 0.125. The Morgan fingerprint density at radius 2 is 1.73 bits per heavy atom. The molecule has 0 fully saturated rings. The average molecular weight is 399 g/mol. The number of amides is 1. The highest BCUT2D eigenvalue weighted by Gasteiger charge is 2.21. The van der Waals surface area contributed by atoms with Crippen LogP contribution in [0.4, 0.5) is 5.69 Å². The van der Waals surface area contributed by atoms with Crippen LogP contribution in [0.2, 0.25) is 0 Å². The molecule has 0 N–H and O–H groups in total. The molecule has 0 spiro atoms. The smallest absolute Gasteiger partial charge is 0.279 e. The molecule has 0 saturated heterocycles. The summed E-state index contributed by atoms with van der Waals surface area (Å²) in [6.45, 7) is 2.54. The monoisotopic (exact) mass is 399 g/mol. The third-order valence-corrected chi connectivity index (χ3v) is 4.75. The second-order valence-electron chi connectivity index (χ2n) is 7.01. The van der Waals surface area contributed by atoms with E-state index in [1.807, 2.05) is 67.6 Å². The van der Waals surface area contributed by atoms with Gasteiger partial charge < -0.3 is 4.42 Å². The molecule has 0 saturated carbocycles. The largest absolute Gasteiger partial charge is 0.467 e. The van der Waals surface area contributed by atoms with Gasteiger partial charge in [-0.15, -0.1) is 0 Å². The van der Waals surface area contributed by atoms with Gasteiger partial charge in [0.1, 0.15) is 11.5 Å². The Bertz CT molecular complexity index is 1180. The third-order valence-electron chi connectivity index (χ3n) is 4.75. The van der Waals surface area contributed by atoms with Crippen LogP contribution in [0.3, 0.4) is 0 Å². The Hall–Kier alpha value is -3.93. The Balaban J connectivity index is 1.67. The molecule has 2 aromatic heterocycles. The number of hydrogen-bond donors (Lipinski definition) is 0. The van der Waals surface area contributed by atoms with E-state index in [2.05, 4.69) is 5.10 Å². The summed E-state index contributed by atoms with van der Waals surface area (Å²) >= 11 is 0. The van der Waals surface area contributed by atoms with Crippen LogP contribution in [0.1, 0.15) is 27.4 Å². The van der Waals surface area contributed by atoms with E-state index in [1.54, 1.807) is 17.2 Å². The van der Waals surface area contributed by atoms with E-state index in [1.165, 1.54) is 16.8 Å². The molecule has 2 aromatic carbocycles. The molecule has 2 heterocycles. The van der Waals surface area contributed by atoms with Gasteiger partial charge in [0.15, 0.2) is 0 Å². The predicted octanol–water partition coefficient (Wildman–Crippen LogP) is 4.04. The van der Waals surface area contributed by atoms with E-state index >= 15 is 0 Å². The normalized spacial score (nSPS) is 10.7. The summed E-state index contributed by atoms with van der Waals surface area (Å²) in [7, 11) is 0. The minimum atomic E-state index is -0.308. The number of furan rings is 1. The van der Waals surface area contributed by atoms with Crippen molar-refractivity contribution in [3.8, 4) is 0 Å². The van der Waals surface area contributed by atoms with Gasteiger partial charge in [0, 0.05) is 11.8 Å². The fourth-order valence-electron chi connectivity index (χ4n) is 3.13.